The van der Waals surface area contributed by atoms with Gasteiger partial charge in [0, 0.05) is 25.4 Å². The van der Waals surface area contributed by atoms with Crippen molar-refractivity contribution < 1.29 is 14.2 Å². The van der Waals surface area contributed by atoms with Crippen molar-refractivity contribution in [1.82, 2.24) is 0 Å². The Bertz CT molecular complexity index is 537. The highest BCUT2D eigenvalue weighted by atomic mass is 19.1. The van der Waals surface area contributed by atoms with Gasteiger partial charge >= 0.3 is 0 Å². The average molecular weight is 261 g/mol. The van der Waals surface area contributed by atoms with Crippen LogP contribution in [0.25, 0.3) is 0 Å². The second kappa shape index (κ2) is 6.20. The van der Waals surface area contributed by atoms with Crippen LogP contribution in [0.5, 0.6) is 5.75 Å². The van der Waals surface area contributed by atoms with Crippen LogP contribution in [0, 0.1) is 5.82 Å². The van der Waals surface area contributed by atoms with Crippen LogP contribution in [0.15, 0.2) is 42.5 Å². The monoisotopic (exact) mass is 261 g/mol. The maximum Gasteiger partial charge on any atom is 0.127 e. The lowest BCUT2D eigenvalue weighted by molar-refractivity contribution is 0.185. The molecule has 100 valence electrons. The molecule has 19 heavy (non-hydrogen) atoms. The first kappa shape index (κ1) is 13.4. The smallest absolute Gasteiger partial charge is 0.127 e. The topological polar surface area (TPSA) is 41.5 Å². The summed E-state index contributed by atoms with van der Waals surface area (Å²) in [6.07, 6.45) is 0. The van der Waals surface area contributed by atoms with Crippen LogP contribution in [0.2, 0.25) is 0 Å². The lowest BCUT2D eigenvalue weighted by Gasteiger charge is -2.09. The van der Waals surface area contributed by atoms with E-state index in [-0.39, 0.29) is 5.75 Å². The third-order valence-corrected chi connectivity index (χ3v) is 2.68. The highest BCUT2D eigenvalue weighted by molar-refractivity contribution is 5.46. The maximum atomic E-state index is 13.1. The van der Waals surface area contributed by atoms with Gasteiger partial charge in [0.25, 0.3) is 0 Å². The maximum absolute atomic E-state index is 13.1. The van der Waals surface area contributed by atoms with E-state index in [0.717, 1.165) is 17.3 Å². The summed E-state index contributed by atoms with van der Waals surface area (Å²) in [6, 6.07) is 11.8. The second-order valence-electron chi connectivity index (χ2n) is 4.30. The first-order chi connectivity index (χ1) is 9.17. The van der Waals surface area contributed by atoms with E-state index in [9.17, 15) is 9.50 Å². The second-order valence-corrected chi connectivity index (χ2v) is 4.30. The molecule has 0 aliphatic carbocycles. The van der Waals surface area contributed by atoms with Crippen molar-refractivity contribution in [2.24, 2.45) is 0 Å². The van der Waals surface area contributed by atoms with E-state index in [1.807, 2.05) is 24.3 Å². The number of phenols is 1. The molecule has 3 nitrogen and oxygen atoms in total. The molecule has 0 aliphatic rings. The van der Waals surface area contributed by atoms with Gasteiger partial charge in [-0.2, -0.15) is 0 Å². The molecular formula is C15H16FNO2. The van der Waals surface area contributed by atoms with Crippen molar-refractivity contribution in [3.63, 3.8) is 0 Å². The van der Waals surface area contributed by atoms with Crippen molar-refractivity contribution in [1.29, 1.82) is 0 Å². The summed E-state index contributed by atoms with van der Waals surface area (Å²) in [6.45, 7) is 0.998. The van der Waals surface area contributed by atoms with Gasteiger partial charge < -0.3 is 15.2 Å². The van der Waals surface area contributed by atoms with Crippen LogP contribution in [0.1, 0.15) is 11.1 Å². The molecule has 0 aliphatic heterocycles. The number of methoxy groups -OCH3 is 1. The first-order valence-electron chi connectivity index (χ1n) is 5.97. The van der Waals surface area contributed by atoms with E-state index < -0.39 is 5.82 Å². The summed E-state index contributed by atoms with van der Waals surface area (Å²) in [5.41, 5.74) is 2.68. The molecule has 0 unspecified atom stereocenters. The zero-order chi connectivity index (χ0) is 13.7. The fraction of sp³-hybridized carbons (Fsp3) is 0.200. The standard InChI is InChI=1S/C15H16FNO2/c1-19-10-11-3-2-4-14(6-11)17-9-12-5-13(16)8-15(18)7-12/h2-8,17-18H,9-10H2,1H3. The molecule has 0 fully saturated rings. The summed E-state index contributed by atoms with van der Waals surface area (Å²) in [4.78, 5) is 0. The Kier molecular flexibility index (Phi) is 4.36. The van der Waals surface area contributed by atoms with Gasteiger partial charge in [0.05, 0.1) is 6.61 Å². The molecule has 2 rings (SSSR count). The quantitative estimate of drug-likeness (QED) is 0.867. The van der Waals surface area contributed by atoms with Gasteiger partial charge in [-0.25, -0.2) is 4.39 Å². The summed E-state index contributed by atoms with van der Waals surface area (Å²) < 4.78 is 18.2. The number of rotatable bonds is 5. The van der Waals surface area contributed by atoms with Crippen LogP contribution in [-0.4, -0.2) is 12.2 Å². The summed E-state index contributed by atoms with van der Waals surface area (Å²) in [5, 5.41) is 12.5. The molecule has 2 aromatic carbocycles. The minimum atomic E-state index is -0.440. The number of benzene rings is 2. The Balaban J connectivity index is 2.03. The Labute approximate surface area is 111 Å². The number of anilines is 1. The number of nitrogens with one attached hydrogen (secondary N) is 1. The number of ether oxygens (including phenoxy) is 1. The van der Waals surface area contributed by atoms with E-state index in [0.29, 0.717) is 18.7 Å². The molecule has 0 bridgehead atoms. The molecule has 4 heteroatoms. The first-order valence-corrected chi connectivity index (χ1v) is 5.97. The van der Waals surface area contributed by atoms with Gasteiger partial charge in [-0.3, -0.25) is 0 Å². The third kappa shape index (κ3) is 3.96. The molecule has 0 amide bonds. The van der Waals surface area contributed by atoms with Gasteiger partial charge in [-0.15, -0.1) is 0 Å². The molecule has 0 atom stereocenters. The molecule has 0 radical (unpaired) electrons. The van der Waals surface area contributed by atoms with Gasteiger partial charge in [0.15, 0.2) is 0 Å². The average Bonchev–Trinajstić information content (AvgIpc) is 2.36. The van der Waals surface area contributed by atoms with Crippen LogP contribution >= 0.6 is 0 Å². The van der Waals surface area contributed by atoms with Crippen molar-refractivity contribution in [3.05, 3.63) is 59.4 Å². The summed E-state index contributed by atoms with van der Waals surface area (Å²) >= 11 is 0. The zero-order valence-electron chi connectivity index (χ0n) is 10.7. The molecular weight excluding hydrogens is 245 g/mol. The van der Waals surface area contributed by atoms with Gasteiger partial charge in [-0.1, -0.05) is 12.1 Å². The Morgan fingerprint density at radius 2 is 2.00 bits per heavy atom. The van der Waals surface area contributed by atoms with Gasteiger partial charge in [-0.05, 0) is 35.4 Å². The Morgan fingerprint density at radius 3 is 2.74 bits per heavy atom. The minimum absolute atomic E-state index is 0.0649. The summed E-state index contributed by atoms with van der Waals surface area (Å²) in [7, 11) is 1.65. The lowest BCUT2D eigenvalue weighted by Crippen LogP contribution is -2.00. The molecule has 0 heterocycles. The SMILES string of the molecule is COCc1cccc(NCc2cc(O)cc(F)c2)c1. The number of hydrogen-bond donors (Lipinski definition) is 2. The fourth-order valence-electron chi connectivity index (χ4n) is 1.88. The van der Waals surface area contributed by atoms with E-state index in [1.54, 1.807) is 7.11 Å². The molecule has 0 saturated heterocycles. The predicted octanol–water partition coefficient (Wildman–Crippen LogP) is 3.29. The highest BCUT2D eigenvalue weighted by Gasteiger charge is 2.01. The molecule has 2 aromatic rings. The minimum Gasteiger partial charge on any atom is -0.508 e. The largest absolute Gasteiger partial charge is 0.508 e. The fourth-order valence-corrected chi connectivity index (χ4v) is 1.88. The molecule has 0 saturated carbocycles. The normalized spacial score (nSPS) is 10.4. The van der Waals surface area contributed by atoms with Crippen molar-refractivity contribution in [2.45, 2.75) is 13.2 Å². The number of phenolic OH excluding ortho intramolecular Hbond substituents is 1. The van der Waals surface area contributed by atoms with Crippen LogP contribution in [-0.2, 0) is 17.9 Å². The molecule has 2 N–H and O–H groups in total. The number of hydrogen-bond acceptors (Lipinski definition) is 3. The molecule has 0 aromatic heterocycles. The number of aromatic hydroxyl groups is 1. The van der Waals surface area contributed by atoms with Crippen LogP contribution < -0.4 is 5.32 Å². The van der Waals surface area contributed by atoms with Gasteiger partial charge in [0.2, 0.25) is 0 Å². The Morgan fingerprint density at radius 1 is 1.16 bits per heavy atom. The van der Waals surface area contributed by atoms with E-state index >= 15 is 0 Å². The van der Waals surface area contributed by atoms with E-state index in [4.69, 9.17) is 4.74 Å². The molecule has 0 spiro atoms. The third-order valence-electron chi connectivity index (χ3n) is 2.68. The van der Waals surface area contributed by atoms with E-state index in [1.165, 1.54) is 12.1 Å². The van der Waals surface area contributed by atoms with Gasteiger partial charge in [0.1, 0.15) is 11.6 Å². The highest BCUT2D eigenvalue weighted by Crippen LogP contribution is 2.17. The summed E-state index contributed by atoms with van der Waals surface area (Å²) in [5.74, 6) is -0.505. The van der Waals surface area contributed by atoms with Crippen LogP contribution in [0.3, 0.4) is 0 Å². The van der Waals surface area contributed by atoms with Crippen molar-refractivity contribution in [2.75, 3.05) is 12.4 Å². The Hall–Kier alpha value is -2.07. The van der Waals surface area contributed by atoms with Crippen molar-refractivity contribution >= 4 is 5.69 Å². The number of halogens is 1. The van der Waals surface area contributed by atoms with E-state index in [2.05, 4.69) is 5.32 Å². The van der Waals surface area contributed by atoms with Crippen molar-refractivity contribution in [3.8, 4) is 5.75 Å². The zero-order valence-corrected chi connectivity index (χ0v) is 10.7. The predicted molar refractivity (Wildman–Crippen MR) is 72.5 cm³/mol. The van der Waals surface area contributed by atoms with Crippen LogP contribution in [0.4, 0.5) is 10.1 Å². The lowest BCUT2D eigenvalue weighted by atomic mass is 10.2.